The zero-order chi connectivity index (χ0) is 22.5. The first kappa shape index (κ1) is 23.0. The highest BCUT2D eigenvalue weighted by molar-refractivity contribution is 8.01. The summed E-state index contributed by atoms with van der Waals surface area (Å²) in [7, 11) is 0. The summed E-state index contributed by atoms with van der Waals surface area (Å²) in [5, 5.41) is 16.5. The van der Waals surface area contributed by atoms with Crippen LogP contribution in [0.3, 0.4) is 0 Å². The van der Waals surface area contributed by atoms with Gasteiger partial charge in [0, 0.05) is 12.1 Å². The van der Waals surface area contributed by atoms with Gasteiger partial charge in [0.2, 0.25) is 11.8 Å². The number of thioether (sulfide) groups is 1. The fourth-order valence-electron chi connectivity index (χ4n) is 2.07. The number of alkyl halides is 3. The van der Waals surface area contributed by atoms with Crippen LogP contribution >= 0.6 is 11.8 Å². The molecule has 0 bridgehead atoms. The zero-order valence-corrected chi connectivity index (χ0v) is 16.4. The highest BCUT2D eigenvalue weighted by Crippen LogP contribution is 2.34. The van der Waals surface area contributed by atoms with Crippen molar-refractivity contribution in [1.82, 2.24) is 10.6 Å². The summed E-state index contributed by atoms with van der Waals surface area (Å²) in [6.07, 6.45) is -4.75. The number of anilines is 2. The largest absolute Gasteiger partial charge is 0.416 e. The van der Waals surface area contributed by atoms with Crippen LogP contribution in [-0.4, -0.2) is 32.9 Å². The standard InChI is InChI=1S/C16H16F3N5O5S/c1-8-5-13(23-29-8)20-15(26)9(2)30-7-14(25)22-21-11-4-3-10(16(17,18)19)6-12(11)24(27)28/h3-6,9,21H,7H2,1-2H3,(H,22,25)(H,20,23,26). The lowest BCUT2D eigenvalue weighted by Gasteiger charge is -2.13. The van der Waals surface area contributed by atoms with Gasteiger partial charge in [-0.15, -0.1) is 11.8 Å². The molecule has 0 aliphatic carbocycles. The van der Waals surface area contributed by atoms with Crippen LogP contribution in [0, 0.1) is 17.0 Å². The minimum atomic E-state index is -4.75. The Labute approximate surface area is 171 Å². The number of carbonyl (C=O) groups excluding carboxylic acids is 2. The second-order valence-electron chi connectivity index (χ2n) is 5.93. The molecule has 0 saturated carbocycles. The van der Waals surface area contributed by atoms with Gasteiger partial charge in [0.15, 0.2) is 5.82 Å². The van der Waals surface area contributed by atoms with E-state index in [2.05, 4.69) is 21.3 Å². The van der Waals surface area contributed by atoms with Crippen molar-refractivity contribution in [2.75, 3.05) is 16.5 Å². The van der Waals surface area contributed by atoms with Crippen LogP contribution in [0.15, 0.2) is 28.8 Å². The Bertz CT molecular complexity index is 950. The lowest BCUT2D eigenvalue weighted by atomic mass is 10.1. The molecule has 30 heavy (non-hydrogen) atoms. The summed E-state index contributed by atoms with van der Waals surface area (Å²) < 4.78 is 42.9. The molecule has 14 heteroatoms. The summed E-state index contributed by atoms with van der Waals surface area (Å²) in [5.41, 5.74) is 2.00. The maximum atomic E-state index is 12.7. The van der Waals surface area contributed by atoms with Crippen molar-refractivity contribution in [2.24, 2.45) is 0 Å². The van der Waals surface area contributed by atoms with E-state index in [1.54, 1.807) is 13.8 Å². The normalized spacial score (nSPS) is 12.2. The molecule has 1 heterocycles. The zero-order valence-electron chi connectivity index (χ0n) is 15.6. The Balaban J connectivity index is 1.88. The molecule has 1 aromatic heterocycles. The van der Waals surface area contributed by atoms with E-state index >= 15 is 0 Å². The molecule has 2 amide bonds. The third-order valence-electron chi connectivity index (χ3n) is 3.57. The van der Waals surface area contributed by atoms with E-state index in [1.807, 2.05) is 0 Å². The molecule has 0 aliphatic heterocycles. The number of nitro groups is 1. The van der Waals surface area contributed by atoms with E-state index in [1.165, 1.54) is 6.07 Å². The van der Waals surface area contributed by atoms with E-state index in [0.717, 1.165) is 17.8 Å². The van der Waals surface area contributed by atoms with Crippen LogP contribution in [-0.2, 0) is 15.8 Å². The number of rotatable bonds is 8. The Morgan fingerprint density at radius 2 is 2.03 bits per heavy atom. The van der Waals surface area contributed by atoms with Crippen LogP contribution < -0.4 is 16.2 Å². The number of benzene rings is 1. The monoisotopic (exact) mass is 447 g/mol. The number of halogens is 3. The molecular weight excluding hydrogens is 431 g/mol. The number of hydrogen-bond donors (Lipinski definition) is 3. The van der Waals surface area contributed by atoms with Crippen molar-refractivity contribution in [3.8, 4) is 0 Å². The molecule has 2 aromatic rings. The number of amides is 2. The first-order chi connectivity index (χ1) is 14.0. The minimum Gasteiger partial charge on any atom is -0.360 e. The third-order valence-corrected chi connectivity index (χ3v) is 4.71. The van der Waals surface area contributed by atoms with Gasteiger partial charge in [-0.25, -0.2) is 0 Å². The van der Waals surface area contributed by atoms with Crippen molar-refractivity contribution in [3.05, 3.63) is 45.7 Å². The summed E-state index contributed by atoms with van der Waals surface area (Å²) >= 11 is 0.965. The van der Waals surface area contributed by atoms with Crippen molar-refractivity contribution < 1.29 is 32.2 Å². The van der Waals surface area contributed by atoms with E-state index in [9.17, 15) is 32.9 Å². The van der Waals surface area contributed by atoms with Crippen LogP contribution in [0.25, 0.3) is 0 Å². The Kier molecular flexibility index (Phi) is 7.26. The number of nitrogens with one attached hydrogen (secondary N) is 3. The van der Waals surface area contributed by atoms with Gasteiger partial charge >= 0.3 is 6.18 Å². The molecular formula is C16H16F3N5O5S. The van der Waals surface area contributed by atoms with Gasteiger partial charge in [0.1, 0.15) is 11.4 Å². The maximum absolute atomic E-state index is 12.7. The van der Waals surface area contributed by atoms with E-state index in [-0.39, 0.29) is 17.3 Å². The SMILES string of the molecule is Cc1cc(NC(=O)C(C)SCC(=O)NNc2ccc(C(F)(F)F)cc2[N+](=O)[O-])no1. The third kappa shape index (κ3) is 6.37. The topological polar surface area (TPSA) is 139 Å². The number of hydrogen-bond acceptors (Lipinski definition) is 8. The fraction of sp³-hybridized carbons (Fsp3) is 0.312. The molecule has 0 fully saturated rings. The van der Waals surface area contributed by atoms with Crippen LogP contribution in [0.5, 0.6) is 0 Å². The van der Waals surface area contributed by atoms with E-state index < -0.39 is 39.4 Å². The second kappa shape index (κ2) is 9.47. The van der Waals surface area contributed by atoms with Crippen molar-refractivity contribution in [2.45, 2.75) is 25.3 Å². The molecule has 10 nitrogen and oxygen atoms in total. The molecule has 1 aromatic carbocycles. The van der Waals surface area contributed by atoms with Gasteiger partial charge in [-0.1, -0.05) is 5.16 Å². The first-order valence-corrected chi connectivity index (χ1v) is 9.28. The number of nitro benzene ring substituents is 1. The van der Waals surface area contributed by atoms with Gasteiger partial charge < -0.3 is 9.84 Å². The number of carbonyl (C=O) groups is 2. The number of aromatic nitrogens is 1. The van der Waals surface area contributed by atoms with Gasteiger partial charge in [-0.2, -0.15) is 13.2 Å². The molecule has 0 spiro atoms. The predicted octanol–water partition coefficient (Wildman–Crippen LogP) is 3.11. The smallest absolute Gasteiger partial charge is 0.360 e. The maximum Gasteiger partial charge on any atom is 0.416 e. The average Bonchev–Trinajstić information content (AvgIpc) is 3.07. The summed E-state index contributed by atoms with van der Waals surface area (Å²) in [6, 6.07) is 3.36. The fourth-order valence-corrected chi connectivity index (χ4v) is 2.75. The molecule has 3 N–H and O–H groups in total. The number of hydrazine groups is 1. The minimum absolute atomic E-state index is 0.201. The number of aryl methyl sites for hydroxylation is 1. The molecule has 1 unspecified atom stereocenters. The Hall–Kier alpha value is -3.29. The first-order valence-electron chi connectivity index (χ1n) is 8.23. The average molecular weight is 447 g/mol. The molecule has 0 radical (unpaired) electrons. The van der Waals surface area contributed by atoms with Crippen molar-refractivity contribution in [3.63, 3.8) is 0 Å². The Morgan fingerprint density at radius 3 is 2.60 bits per heavy atom. The second-order valence-corrected chi connectivity index (χ2v) is 7.25. The van der Waals surface area contributed by atoms with Crippen LogP contribution in [0.1, 0.15) is 18.2 Å². The molecule has 1 atom stereocenters. The Morgan fingerprint density at radius 1 is 1.33 bits per heavy atom. The quantitative estimate of drug-likeness (QED) is 0.414. The number of nitrogens with zero attached hydrogens (tertiary/aromatic N) is 2. The predicted molar refractivity (Wildman–Crippen MR) is 102 cm³/mol. The summed E-state index contributed by atoms with van der Waals surface area (Å²) in [5.74, 6) is -0.536. The summed E-state index contributed by atoms with van der Waals surface area (Å²) in [4.78, 5) is 33.9. The molecule has 0 saturated heterocycles. The highest BCUT2D eigenvalue weighted by Gasteiger charge is 2.33. The molecule has 162 valence electrons. The van der Waals surface area contributed by atoms with Crippen molar-refractivity contribution >= 4 is 40.8 Å². The molecule has 0 aliphatic rings. The van der Waals surface area contributed by atoms with Crippen molar-refractivity contribution in [1.29, 1.82) is 0 Å². The van der Waals surface area contributed by atoms with Gasteiger partial charge in [0.05, 0.1) is 21.5 Å². The lowest BCUT2D eigenvalue weighted by Crippen LogP contribution is -2.32. The van der Waals surface area contributed by atoms with Crippen LogP contribution in [0.4, 0.5) is 30.4 Å². The highest BCUT2D eigenvalue weighted by atomic mass is 32.2. The van der Waals surface area contributed by atoms with Gasteiger partial charge in [-0.05, 0) is 26.0 Å². The summed E-state index contributed by atoms with van der Waals surface area (Å²) in [6.45, 7) is 3.20. The van der Waals surface area contributed by atoms with E-state index in [0.29, 0.717) is 17.9 Å². The van der Waals surface area contributed by atoms with Crippen LogP contribution in [0.2, 0.25) is 0 Å². The lowest BCUT2D eigenvalue weighted by molar-refractivity contribution is -0.384. The van der Waals surface area contributed by atoms with Gasteiger partial charge in [-0.3, -0.25) is 30.6 Å². The van der Waals surface area contributed by atoms with E-state index in [4.69, 9.17) is 4.52 Å². The van der Waals surface area contributed by atoms with Gasteiger partial charge in [0.25, 0.3) is 5.69 Å². The molecule has 2 rings (SSSR count).